The van der Waals surface area contributed by atoms with Crippen LogP contribution in [0.4, 0.5) is 5.82 Å². The van der Waals surface area contributed by atoms with E-state index in [1.165, 1.54) is 24.8 Å². The van der Waals surface area contributed by atoms with Crippen molar-refractivity contribution in [2.45, 2.75) is 56.2 Å². The molecule has 152 valence electrons. The molecule has 4 rings (SSSR count). The summed E-state index contributed by atoms with van der Waals surface area (Å²) >= 11 is 1.60. The van der Waals surface area contributed by atoms with Crippen LogP contribution in [0, 0.1) is 0 Å². The molecule has 29 heavy (non-hydrogen) atoms. The van der Waals surface area contributed by atoms with Crippen molar-refractivity contribution in [1.29, 1.82) is 0 Å². The lowest BCUT2D eigenvalue weighted by Gasteiger charge is -2.28. The molecule has 1 fully saturated rings. The van der Waals surface area contributed by atoms with E-state index in [0.29, 0.717) is 17.5 Å². The van der Waals surface area contributed by atoms with Gasteiger partial charge in [-0.05, 0) is 30.2 Å². The third-order valence-electron chi connectivity index (χ3n) is 5.11. The smallest absolute Gasteiger partial charge is 0.237 e. The van der Waals surface area contributed by atoms with Gasteiger partial charge < -0.3 is 9.42 Å². The first-order chi connectivity index (χ1) is 14.0. The van der Waals surface area contributed by atoms with E-state index in [-0.39, 0.29) is 5.41 Å². The van der Waals surface area contributed by atoms with Crippen molar-refractivity contribution in [2.24, 2.45) is 0 Å². The van der Waals surface area contributed by atoms with E-state index in [1.54, 1.807) is 24.2 Å². The van der Waals surface area contributed by atoms with Crippen molar-refractivity contribution >= 4 is 17.6 Å². The number of anilines is 1. The fraction of sp³-hybridized carbons (Fsp3) is 0.455. The van der Waals surface area contributed by atoms with Crippen LogP contribution in [0.1, 0.15) is 51.5 Å². The van der Waals surface area contributed by atoms with Gasteiger partial charge in [0.1, 0.15) is 5.03 Å². The third kappa shape index (κ3) is 4.78. The molecule has 3 aromatic rings. The molecule has 0 atom stereocenters. The summed E-state index contributed by atoms with van der Waals surface area (Å²) < 4.78 is 5.48. The van der Waals surface area contributed by atoms with Gasteiger partial charge in [0.05, 0.1) is 5.75 Å². The zero-order valence-corrected chi connectivity index (χ0v) is 18.1. The van der Waals surface area contributed by atoms with Gasteiger partial charge in [-0.1, -0.05) is 62.0 Å². The summed E-state index contributed by atoms with van der Waals surface area (Å²) in [6, 6.07) is 8.37. The van der Waals surface area contributed by atoms with Crippen LogP contribution in [-0.2, 0) is 11.2 Å². The van der Waals surface area contributed by atoms with Crippen LogP contribution in [0.5, 0.6) is 0 Å². The highest BCUT2D eigenvalue weighted by Crippen LogP contribution is 2.30. The second-order valence-corrected chi connectivity index (χ2v) is 9.32. The van der Waals surface area contributed by atoms with Crippen LogP contribution >= 0.6 is 11.8 Å². The summed E-state index contributed by atoms with van der Waals surface area (Å²) in [4.78, 5) is 16.0. The Morgan fingerprint density at radius 3 is 2.45 bits per heavy atom. The van der Waals surface area contributed by atoms with Crippen LogP contribution < -0.4 is 4.90 Å². The highest BCUT2D eigenvalue weighted by atomic mass is 32.2. The van der Waals surface area contributed by atoms with Gasteiger partial charge in [0.25, 0.3) is 0 Å². The Bertz CT molecular complexity index is 942. The van der Waals surface area contributed by atoms with Gasteiger partial charge in [-0.3, -0.25) is 0 Å². The molecule has 3 heterocycles. The summed E-state index contributed by atoms with van der Waals surface area (Å²) in [5, 5.41) is 5.08. The zero-order valence-electron chi connectivity index (χ0n) is 17.3. The van der Waals surface area contributed by atoms with Crippen molar-refractivity contribution in [3.8, 4) is 11.4 Å². The quantitative estimate of drug-likeness (QED) is 0.543. The fourth-order valence-electron chi connectivity index (χ4n) is 3.42. The van der Waals surface area contributed by atoms with E-state index in [9.17, 15) is 0 Å². The minimum Gasteiger partial charge on any atom is -0.354 e. The number of nitrogens with zero attached hydrogens (tertiary/aromatic N) is 5. The molecule has 0 aliphatic carbocycles. The average Bonchev–Trinajstić information content (AvgIpc) is 3.22. The van der Waals surface area contributed by atoms with E-state index in [1.807, 2.05) is 0 Å². The molecule has 2 aromatic heterocycles. The van der Waals surface area contributed by atoms with Crippen LogP contribution in [0.2, 0.25) is 0 Å². The van der Waals surface area contributed by atoms with E-state index in [4.69, 9.17) is 4.52 Å². The SMILES string of the molecule is CC(C)(C)c1ccc(-c2noc(CSc3nccnc3N3CCCCC3)n2)cc1. The molecule has 6 nitrogen and oxygen atoms in total. The maximum absolute atomic E-state index is 5.48. The van der Waals surface area contributed by atoms with Gasteiger partial charge in [0, 0.05) is 31.0 Å². The number of rotatable bonds is 5. The lowest BCUT2D eigenvalue weighted by Crippen LogP contribution is -2.30. The predicted octanol–water partition coefficient (Wildman–Crippen LogP) is 5.11. The molecule has 1 aromatic carbocycles. The van der Waals surface area contributed by atoms with Gasteiger partial charge in [-0.15, -0.1) is 0 Å². The largest absolute Gasteiger partial charge is 0.354 e. The van der Waals surface area contributed by atoms with Crippen LogP contribution in [0.25, 0.3) is 11.4 Å². The Morgan fingerprint density at radius 1 is 1.00 bits per heavy atom. The highest BCUT2D eigenvalue weighted by Gasteiger charge is 2.18. The average molecular weight is 410 g/mol. The zero-order chi connectivity index (χ0) is 20.3. The Kier molecular flexibility index (Phi) is 5.85. The van der Waals surface area contributed by atoms with Gasteiger partial charge in [0.2, 0.25) is 11.7 Å². The Labute approximate surface area is 176 Å². The topological polar surface area (TPSA) is 67.9 Å². The first-order valence-electron chi connectivity index (χ1n) is 10.1. The summed E-state index contributed by atoms with van der Waals surface area (Å²) in [5.74, 6) is 2.76. The molecule has 1 aliphatic heterocycles. The van der Waals surface area contributed by atoms with Crippen LogP contribution in [0.3, 0.4) is 0 Å². The first-order valence-corrected chi connectivity index (χ1v) is 11.1. The number of hydrogen-bond donors (Lipinski definition) is 0. The first kappa shape index (κ1) is 19.9. The molecular formula is C22H27N5OS. The standard InChI is InChI=1S/C22H27N5OS/c1-22(2,3)17-9-7-16(8-10-17)19-25-18(28-26-19)15-29-21-20(23-11-12-24-21)27-13-5-4-6-14-27/h7-12H,4-6,13-15H2,1-3H3. The Hall–Kier alpha value is -2.41. The molecule has 1 aliphatic rings. The van der Waals surface area contributed by atoms with E-state index in [2.05, 4.69) is 70.0 Å². The maximum atomic E-state index is 5.48. The lowest BCUT2D eigenvalue weighted by molar-refractivity contribution is 0.391. The fourth-order valence-corrected chi connectivity index (χ4v) is 4.25. The molecule has 0 N–H and O–H groups in total. The van der Waals surface area contributed by atoms with Gasteiger partial charge in [-0.2, -0.15) is 4.98 Å². The number of aromatic nitrogens is 4. The molecule has 0 unspecified atom stereocenters. The number of piperidine rings is 1. The molecule has 0 amide bonds. The molecule has 0 radical (unpaired) electrons. The minimum atomic E-state index is 0.125. The molecule has 0 saturated carbocycles. The molecule has 0 bridgehead atoms. The highest BCUT2D eigenvalue weighted by molar-refractivity contribution is 7.98. The van der Waals surface area contributed by atoms with Crippen molar-refractivity contribution in [1.82, 2.24) is 20.1 Å². The lowest BCUT2D eigenvalue weighted by atomic mass is 9.87. The Morgan fingerprint density at radius 2 is 1.72 bits per heavy atom. The van der Waals surface area contributed by atoms with Gasteiger partial charge in [0.15, 0.2) is 5.82 Å². The second kappa shape index (κ2) is 8.53. The predicted molar refractivity (Wildman–Crippen MR) is 116 cm³/mol. The normalized spacial score (nSPS) is 14.9. The van der Waals surface area contributed by atoms with Gasteiger partial charge >= 0.3 is 0 Å². The van der Waals surface area contributed by atoms with E-state index in [0.717, 1.165) is 29.5 Å². The maximum Gasteiger partial charge on any atom is 0.237 e. The van der Waals surface area contributed by atoms with Crippen molar-refractivity contribution in [3.05, 3.63) is 48.1 Å². The van der Waals surface area contributed by atoms with Crippen molar-refractivity contribution < 1.29 is 4.52 Å². The van der Waals surface area contributed by atoms with Crippen molar-refractivity contribution in [2.75, 3.05) is 18.0 Å². The minimum absolute atomic E-state index is 0.125. The second-order valence-electron chi connectivity index (χ2n) is 8.36. The molecule has 1 saturated heterocycles. The van der Waals surface area contributed by atoms with E-state index >= 15 is 0 Å². The summed E-state index contributed by atoms with van der Waals surface area (Å²) in [6.07, 6.45) is 7.22. The monoisotopic (exact) mass is 409 g/mol. The van der Waals surface area contributed by atoms with Gasteiger partial charge in [-0.25, -0.2) is 9.97 Å². The summed E-state index contributed by atoms with van der Waals surface area (Å²) in [6.45, 7) is 8.70. The summed E-state index contributed by atoms with van der Waals surface area (Å²) in [7, 11) is 0. The molecule has 7 heteroatoms. The number of thioether (sulfide) groups is 1. The van der Waals surface area contributed by atoms with Crippen LogP contribution in [-0.4, -0.2) is 33.2 Å². The molecule has 0 spiro atoms. The molecular weight excluding hydrogens is 382 g/mol. The number of hydrogen-bond acceptors (Lipinski definition) is 7. The number of benzene rings is 1. The van der Waals surface area contributed by atoms with Crippen LogP contribution in [0.15, 0.2) is 46.2 Å². The summed E-state index contributed by atoms with van der Waals surface area (Å²) in [5.41, 5.74) is 2.38. The van der Waals surface area contributed by atoms with E-state index < -0.39 is 0 Å². The third-order valence-corrected chi connectivity index (χ3v) is 6.06. The Balaban J connectivity index is 1.44. The van der Waals surface area contributed by atoms with Crippen molar-refractivity contribution in [3.63, 3.8) is 0 Å².